The monoisotopic (exact) mass is 433 g/mol. The Hall–Kier alpha value is -4.01. The van der Waals surface area contributed by atoms with Crippen LogP contribution in [0.25, 0.3) is 10.9 Å². The summed E-state index contributed by atoms with van der Waals surface area (Å²) in [5.74, 6) is 0.528. The van der Waals surface area contributed by atoms with E-state index < -0.39 is 5.60 Å². The van der Waals surface area contributed by atoms with E-state index in [-0.39, 0.29) is 11.6 Å². The van der Waals surface area contributed by atoms with Crippen LogP contribution in [0.2, 0.25) is 0 Å². The van der Waals surface area contributed by atoms with Gasteiger partial charge in [-0.2, -0.15) is 5.10 Å². The number of hydrogen-bond acceptors (Lipinski definition) is 7. The van der Waals surface area contributed by atoms with Gasteiger partial charge in [-0.25, -0.2) is 14.4 Å². The lowest BCUT2D eigenvalue weighted by atomic mass is 10.2. The van der Waals surface area contributed by atoms with Crippen molar-refractivity contribution in [1.29, 1.82) is 0 Å². The summed E-state index contributed by atoms with van der Waals surface area (Å²) < 4.78 is 15.3. The molecule has 2 heterocycles. The van der Waals surface area contributed by atoms with Gasteiger partial charge in [-0.15, -0.1) is 0 Å². The third kappa shape index (κ3) is 5.00. The number of nitrogen functional groups attached to an aromatic ring is 1. The Morgan fingerprint density at radius 2 is 2.03 bits per heavy atom. The fourth-order valence-corrected chi connectivity index (χ4v) is 3.11. The third-order valence-electron chi connectivity index (χ3n) is 4.55. The number of halogens is 1. The summed E-state index contributed by atoms with van der Waals surface area (Å²) in [6.07, 6.45) is 4.65. The molecular formula is C23H24FN7O. The van der Waals surface area contributed by atoms with Crippen LogP contribution in [0.4, 0.5) is 21.7 Å². The van der Waals surface area contributed by atoms with E-state index in [9.17, 15) is 4.39 Å². The topological polar surface area (TPSA) is 103 Å². The molecule has 0 bridgehead atoms. The van der Waals surface area contributed by atoms with E-state index in [1.165, 1.54) is 24.7 Å². The molecule has 0 amide bonds. The van der Waals surface area contributed by atoms with Crippen LogP contribution in [-0.4, -0.2) is 31.6 Å². The summed E-state index contributed by atoms with van der Waals surface area (Å²) >= 11 is 0. The molecule has 0 spiro atoms. The van der Waals surface area contributed by atoms with Gasteiger partial charge in [0.25, 0.3) is 0 Å². The highest BCUT2D eigenvalue weighted by atomic mass is 19.1. The Balaban J connectivity index is 1.57. The summed E-state index contributed by atoms with van der Waals surface area (Å²) in [6.45, 7) is 6.18. The molecule has 0 atom stereocenters. The van der Waals surface area contributed by atoms with Crippen molar-refractivity contribution in [2.24, 2.45) is 5.16 Å². The first-order valence-corrected chi connectivity index (χ1v) is 10.1. The molecule has 0 fully saturated rings. The van der Waals surface area contributed by atoms with Gasteiger partial charge in [0.05, 0.1) is 30.0 Å². The van der Waals surface area contributed by atoms with Gasteiger partial charge < -0.3 is 15.9 Å². The summed E-state index contributed by atoms with van der Waals surface area (Å²) in [7, 11) is 0. The SMILES string of the molecule is CC(C)(C)O/N=C/c1c(N)ncnc1Nc1ccc2c(cnn2Cc2cccc(F)c2)c1. The average Bonchev–Trinajstić information content (AvgIpc) is 3.11. The molecule has 2 aromatic heterocycles. The second kappa shape index (κ2) is 8.62. The molecule has 0 aliphatic heterocycles. The number of rotatable bonds is 6. The number of hydrogen-bond donors (Lipinski definition) is 2. The summed E-state index contributed by atoms with van der Waals surface area (Å²) in [5.41, 5.74) is 8.70. The van der Waals surface area contributed by atoms with Crippen LogP contribution in [0.1, 0.15) is 31.9 Å². The fraction of sp³-hybridized carbons (Fsp3) is 0.217. The predicted octanol–water partition coefficient (Wildman–Crippen LogP) is 4.49. The van der Waals surface area contributed by atoms with Gasteiger partial charge in [0.1, 0.15) is 29.4 Å². The Bertz CT molecular complexity index is 1280. The first-order valence-electron chi connectivity index (χ1n) is 10.1. The first-order chi connectivity index (χ1) is 15.3. The van der Waals surface area contributed by atoms with Gasteiger partial charge in [-0.3, -0.25) is 4.68 Å². The summed E-state index contributed by atoms with van der Waals surface area (Å²) in [4.78, 5) is 13.7. The lowest BCUT2D eigenvalue weighted by Gasteiger charge is -2.15. The number of oxime groups is 1. The van der Waals surface area contributed by atoms with E-state index in [1.54, 1.807) is 12.3 Å². The van der Waals surface area contributed by atoms with Crippen molar-refractivity contribution in [3.05, 3.63) is 71.9 Å². The number of fused-ring (bicyclic) bond motifs is 1. The van der Waals surface area contributed by atoms with Crippen molar-refractivity contribution >= 4 is 34.4 Å². The van der Waals surface area contributed by atoms with Gasteiger partial charge >= 0.3 is 0 Å². The lowest BCUT2D eigenvalue weighted by Crippen LogP contribution is -2.15. The van der Waals surface area contributed by atoms with Gasteiger partial charge in [-0.05, 0) is 56.7 Å². The molecular weight excluding hydrogens is 409 g/mol. The van der Waals surface area contributed by atoms with Crippen LogP contribution in [0.5, 0.6) is 0 Å². The normalized spacial score (nSPS) is 11.9. The number of aromatic nitrogens is 4. The van der Waals surface area contributed by atoms with Gasteiger partial charge in [0.15, 0.2) is 0 Å². The molecule has 0 aliphatic carbocycles. The maximum Gasteiger partial charge on any atom is 0.144 e. The number of nitrogens with one attached hydrogen (secondary N) is 1. The van der Waals surface area contributed by atoms with E-state index in [1.807, 2.05) is 49.7 Å². The maximum atomic E-state index is 13.5. The minimum Gasteiger partial charge on any atom is -0.390 e. The van der Waals surface area contributed by atoms with Crippen LogP contribution in [0.3, 0.4) is 0 Å². The highest BCUT2D eigenvalue weighted by Gasteiger charge is 2.12. The summed E-state index contributed by atoms with van der Waals surface area (Å²) in [6, 6.07) is 12.3. The maximum absolute atomic E-state index is 13.5. The standard InChI is InChI=1S/C23H24FN7O/c1-23(2,3)32-29-12-19-21(25)26-14-27-22(19)30-18-7-8-20-16(10-18)11-28-31(20)13-15-5-4-6-17(24)9-15/h4-12,14H,13H2,1-3H3,(H3,25,26,27,30)/b29-12+. The van der Waals surface area contributed by atoms with Gasteiger partial charge in [-0.1, -0.05) is 17.3 Å². The minimum atomic E-state index is -0.425. The molecule has 4 rings (SSSR count). The van der Waals surface area contributed by atoms with Crippen LogP contribution in [0.15, 0.2) is 60.1 Å². The van der Waals surface area contributed by atoms with E-state index in [2.05, 4.69) is 25.5 Å². The van der Waals surface area contributed by atoms with E-state index in [0.717, 1.165) is 22.2 Å². The highest BCUT2D eigenvalue weighted by molar-refractivity contribution is 5.93. The van der Waals surface area contributed by atoms with E-state index in [4.69, 9.17) is 10.6 Å². The minimum absolute atomic E-state index is 0.262. The highest BCUT2D eigenvalue weighted by Crippen LogP contribution is 2.25. The molecule has 0 unspecified atom stereocenters. The molecule has 0 radical (unpaired) electrons. The summed E-state index contributed by atoms with van der Waals surface area (Å²) in [5, 5.41) is 12.6. The molecule has 3 N–H and O–H groups in total. The number of benzene rings is 2. The Morgan fingerprint density at radius 3 is 2.81 bits per heavy atom. The zero-order valence-electron chi connectivity index (χ0n) is 18.1. The first kappa shape index (κ1) is 21.2. The third-order valence-corrected chi connectivity index (χ3v) is 4.55. The van der Waals surface area contributed by atoms with Crippen molar-refractivity contribution in [2.75, 3.05) is 11.1 Å². The second-order valence-electron chi connectivity index (χ2n) is 8.29. The number of nitrogens with two attached hydrogens (primary N) is 1. The van der Waals surface area contributed by atoms with Crippen LogP contribution >= 0.6 is 0 Å². The zero-order valence-corrected chi connectivity index (χ0v) is 18.1. The molecule has 9 heteroatoms. The second-order valence-corrected chi connectivity index (χ2v) is 8.29. The molecule has 164 valence electrons. The van der Waals surface area contributed by atoms with Crippen LogP contribution < -0.4 is 11.1 Å². The van der Waals surface area contributed by atoms with Gasteiger partial charge in [0, 0.05) is 11.1 Å². The van der Waals surface area contributed by atoms with E-state index >= 15 is 0 Å². The molecule has 4 aromatic rings. The van der Waals surface area contributed by atoms with Crippen molar-refractivity contribution in [2.45, 2.75) is 32.9 Å². The Kier molecular flexibility index (Phi) is 5.72. The fourth-order valence-electron chi connectivity index (χ4n) is 3.11. The Morgan fingerprint density at radius 1 is 1.19 bits per heavy atom. The van der Waals surface area contributed by atoms with E-state index in [0.29, 0.717) is 17.9 Å². The van der Waals surface area contributed by atoms with Crippen molar-refractivity contribution in [1.82, 2.24) is 19.7 Å². The largest absolute Gasteiger partial charge is 0.390 e. The molecule has 0 saturated carbocycles. The molecule has 2 aromatic carbocycles. The predicted molar refractivity (Wildman–Crippen MR) is 123 cm³/mol. The quantitative estimate of drug-likeness (QED) is 0.343. The molecule has 0 aliphatic rings. The van der Waals surface area contributed by atoms with Crippen LogP contribution in [0, 0.1) is 5.82 Å². The zero-order chi connectivity index (χ0) is 22.7. The average molecular weight is 433 g/mol. The smallest absolute Gasteiger partial charge is 0.144 e. The van der Waals surface area contributed by atoms with Gasteiger partial charge in [0.2, 0.25) is 0 Å². The number of nitrogens with zero attached hydrogens (tertiary/aromatic N) is 5. The van der Waals surface area contributed by atoms with Crippen molar-refractivity contribution in [3.8, 4) is 0 Å². The number of anilines is 3. The lowest BCUT2D eigenvalue weighted by molar-refractivity contribution is 0.00199. The molecule has 32 heavy (non-hydrogen) atoms. The molecule has 0 saturated heterocycles. The van der Waals surface area contributed by atoms with Crippen LogP contribution in [-0.2, 0) is 11.4 Å². The Labute approximate surface area is 184 Å². The van der Waals surface area contributed by atoms with Crippen molar-refractivity contribution < 1.29 is 9.23 Å². The van der Waals surface area contributed by atoms with Crippen molar-refractivity contribution in [3.63, 3.8) is 0 Å². The molecule has 8 nitrogen and oxygen atoms in total.